The van der Waals surface area contributed by atoms with Gasteiger partial charge in [-0.3, -0.25) is 4.79 Å². The van der Waals surface area contributed by atoms with Crippen molar-refractivity contribution >= 4 is 5.97 Å². The van der Waals surface area contributed by atoms with Gasteiger partial charge in [0.05, 0.1) is 13.7 Å². The normalized spacial score (nSPS) is 13.8. The fourth-order valence-corrected chi connectivity index (χ4v) is 1.70. The fraction of sp³-hybridized carbons (Fsp3) is 0.500. The standard InChI is InChI=1S/C14H21NO3/c1-5-18-13(16)14(2,15-3)10-11-6-8-12(17-4)9-7-11/h6-9,15H,5,10H2,1-4H3. The number of methoxy groups -OCH3 is 1. The van der Waals surface area contributed by atoms with E-state index in [4.69, 9.17) is 9.47 Å². The van der Waals surface area contributed by atoms with Gasteiger partial charge in [-0.1, -0.05) is 12.1 Å². The number of carbonyl (C=O) groups excluding carboxylic acids is 1. The van der Waals surface area contributed by atoms with Crippen LogP contribution in [0, 0.1) is 0 Å². The highest BCUT2D eigenvalue weighted by Crippen LogP contribution is 2.18. The van der Waals surface area contributed by atoms with E-state index in [1.807, 2.05) is 31.2 Å². The van der Waals surface area contributed by atoms with Crippen molar-refractivity contribution in [3.8, 4) is 5.75 Å². The van der Waals surface area contributed by atoms with E-state index in [0.717, 1.165) is 11.3 Å². The van der Waals surface area contributed by atoms with E-state index in [0.29, 0.717) is 13.0 Å². The Bertz CT molecular complexity index is 389. The largest absolute Gasteiger partial charge is 0.497 e. The van der Waals surface area contributed by atoms with E-state index in [2.05, 4.69) is 5.32 Å². The molecule has 0 aliphatic heterocycles. The zero-order chi connectivity index (χ0) is 13.6. The van der Waals surface area contributed by atoms with Crippen molar-refractivity contribution in [3.05, 3.63) is 29.8 Å². The van der Waals surface area contributed by atoms with Gasteiger partial charge in [0.2, 0.25) is 0 Å². The van der Waals surface area contributed by atoms with Crippen molar-refractivity contribution in [3.63, 3.8) is 0 Å². The summed E-state index contributed by atoms with van der Waals surface area (Å²) in [5.74, 6) is 0.573. The van der Waals surface area contributed by atoms with Gasteiger partial charge in [0, 0.05) is 6.42 Å². The second kappa shape index (κ2) is 6.40. The molecule has 0 aliphatic carbocycles. The second-order valence-corrected chi connectivity index (χ2v) is 4.33. The van der Waals surface area contributed by atoms with E-state index in [1.165, 1.54) is 0 Å². The molecule has 0 heterocycles. The van der Waals surface area contributed by atoms with Crippen LogP contribution in [-0.2, 0) is 16.0 Å². The number of nitrogens with one attached hydrogen (secondary N) is 1. The lowest BCUT2D eigenvalue weighted by molar-refractivity contribution is -0.150. The number of carbonyl (C=O) groups is 1. The SMILES string of the molecule is CCOC(=O)C(C)(Cc1ccc(OC)cc1)NC. The van der Waals surface area contributed by atoms with Crippen LogP contribution in [0.5, 0.6) is 5.75 Å². The third kappa shape index (κ3) is 3.47. The van der Waals surface area contributed by atoms with Gasteiger partial charge in [0.1, 0.15) is 11.3 Å². The predicted molar refractivity (Wildman–Crippen MR) is 70.8 cm³/mol. The van der Waals surface area contributed by atoms with Crippen molar-refractivity contribution in [2.75, 3.05) is 20.8 Å². The van der Waals surface area contributed by atoms with Crippen molar-refractivity contribution in [1.82, 2.24) is 5.32 Å². The zero-order valence-corrected chi connectivity index (χ0v) is 11.4. The Hall–Kier alpha value is -1.55. The molecule has 0 saturated carbocycles. The molecular weight excluding hydrogens is 230 g/mol. The van der Waals surface area contributed by atoms with Crippen molar-refractivity contribution in [1.29, 1.82) is 0 Å². The Kier molecular flexibility index (Phi) is 5.16. The summed E-state index contributed by atoms with van der Waals surface area (Å²) in [6.45, 7) is 4.04. The molecule has 1 aromatic carbocycles. The van der Waals surface area contributed by atoms with Crippen molar-refractivity contribution < 1.29 is 14.3 Å². The summed E-state index contributed by atoms with van der Waals surface area (Å²) in [7, 11) is 3.39. The van der Waals surface area contributed by atoms with Crippen LogP contribution in [0.1, 0.15) is 19.4 Å². The van der Waals surface area contributed by atoms with Crippen LogP contribution in [0.2, 0.25) is 0 Å². The maximum absolute atomic E-state index is 11.9. The third-order valence-corrected chi connectivity index (χ3v) is 2.99. The summed E-state index contributed by atoms with van der Waals surface area (Å²) in [6.07, 6.45) is 0.576. The number of hydrogen-bond acceptors (Lipinski definition) is 4. The Labute approximate surface area is 108 Å². The van der Waals surface area contributed by atoms with Crippen molar-refractivity contribution in [2.45, 2.75) is 25.8 Å². The smallest absolute Gasteiger partial charge is 0.326 e. The lowest BCUT2D eigenvalue weighted by Gasteiger charge is -2.26. The van der Waals surface area contributed by atoms with Gasteiger partial charge in [-0.25, -0.2) is 0 Å². The molecule has 0 spiro atoms. The first-order valence-electron chi connectivity index (χ1n) is 6.04. The summed E-state index contributed by atoms with van der Waals surface area (Å²) in [6, 6.07) is 7.68. The van der Waals surface area contributed by atoms with Crippen molar-refractivity contribution in [2.24, 2.45) is 0 Å². The molecule has 1 unspecified atom stereocenters. The van der Waals surface area contributed by atoms with Crippen LogP contribution in [0.3, 0.4) is 0 Å². The van der Waals surface area contributed by atoms with Crippen LogP contribution in [0.4, 0.5) is 0 Å². The van der Waals surface area contributed by atoms with Gasteiger partial charge in [-0.15, -0.1) is 0 Å². The van der Waals surface area contributed by atoms with Crippen LogP contribution < -0.4 is 10.1 Å². The molecule has 0 amide bonds. The number of rotatable bonds is 6. The van der Waals surface area contributed by atoms with E-state index < -0.39 is 5.54 Å². The molecule has 0 bridgehead atoms. The number of hydrogen-bond donors (Lipinski definition) is 1. The first-order chi connectivity index (χ1) is 8.55. The van der Waals surface area contributed by atoms with Crippen LogP contribution in [-0.4, -0.2) is 32.3 Å². The van der Waals surface area contributed by atoms with E-state index in [-0.39, 0.29) is 5.97 Å². The van der Waals surface area contributed by atoms with E-state index in [9.17, 15) is 4.79 Å². The molecule has 4 heteroatoms. The monoisotopic (exact) mass is 251 g/mol. The molecular formula is C14H21NO3. The summed E-state index contributed by atoms with van der Waals surface area (Å²) < 4.78 is 10.2. The first kappa shape index (κ1) is 14.5. The van der Waals surface area contributed by atoms with Gasteiger partial charge in [-0.05, 0) is 38.6 Å². The van der Waals surface area contributed by atoms with Gasteiger partial charge in [-0.2, -0.15) is 0 Å². The molecule has 0 radical (unpaired) electrons. The van der Waals surface area contributed by atoms with E-state index in [1.54, 1.807) is 21.1 Å². The molecule has 0 fully saturated rings. The molecule has 1 rings (SSSR count). The lowest BCUT2D eigenvalue weighted by atomic mass is 9.93. The topological polar surface area (TPSA) is 47.6 Å². The van der Waals surface area contributed by atoms with Gasteiger partial charge < -0.3 is 14.8 Å². The number of benzene rings is 1. The molecule has 1 atom stereocenters. The minimum absolute atomic E-state index is 0.233. The molecule has 0 aromatic heterocycles. The minimum atomic E-state index is -0.704. The first-order valence-corrected chi connectivity index (χ1v) is 6.04. The Balaban J connectivity index is 2.80. The number of likely N-dealkylation sites (N-methyl/N-ethyl adjacent to an activating group) is 1. The van der Waals surface area contributed by atoms with Crippen LogP contribution in [0.15, 0.2) is 24.3 Å². The van der Waals surface area contributed by atoms with Crippen LogP contribution >= 0.6 is 0 Å². The molecule has 1 aromatic rings. The van der Waals surface area contributed by atoms with Gasteiger partial charge in [0.25, 0.3) is 0 Å². The molecule has 0 aliphatic rings. The average molecular weight is 251 g/mol. The molecule has 100 valence electrons. The zero-order valence-electron chi connectivity index (χ0n) is 11.4. The number of esters is 1. The quantitative estimate of drug-likeness (QED) is 0.783. The Morgan fingerprint density at radius 2 is 1.94 bits per heavy atom. The molecule has 0 saturated heterocycles. The highest BCUT2D eigenvalue weighted by atomic mass is 16.5. The third-order valence-electron chi connectivity index (χ3n) is 2.99. The molecule has 18 heavy (non-hydrogen) atoms. The second-order valence-electron chi connectivity index (χ2n) is 4.33. The summed E-state index contributed by atoms with van der Waals surface area (Å²) in [5, 5.41) is 3.03. The maximum Gasteiger partial charge on any atom is 0.326 e. The average Bonchev–Trinajstić information content (AvgIpc) is 2.39. The van der Waals surface area contributed by atoms with Gasteiger partial charge in [0.15, 0.2) is 0 Å². The molecule has 1 N–H and O–H groups in total. The summed E-state index contributed by atoms with van der Waals surface area (Å²) >= 11 is 0. The number of ether oxygens (including phenoxy) is 2. The Morgan fingerprint density at radius 3 is 2.39 bits per heavy atom. The minimum Gasteiger partial charge on any atom is -0.497 e. The van der Waals surface area contributed by atoms with E-state index >= 15 is 0 Å². The fourth-order valence-electron chi connectivity index (χ4n) is 1.70. The summed E-state index contributed by atoms with van der Waals surface area (Å²) in [5.41, 5.74) is 0.352. The highest BCUT2D eigenvalue weighted by molar-refractivity contribution is 5.80. The maximum atomic E-state index is 11.9. The highest BCUT2D eigenvalue weighted by Gasteiger charge is 2.33. The summed E-state index contributed by atoms with van der Waals surface area (Å²) in [4.78, 5) is 11.9. The van der Waals surface area contributed by atoms with Gasteiger partial charge >= 0.3 is 5.97 Å². The van der Waals surface area contributed by atoms with Crippen LogP contribution in [0.25, 0.3) is 0 Å². The predicted octanol–water partition coefficient (Wildman–Crippen LogP) is 1.78. The lowest BCUT2D eigenvalue weighted by Crippen LogP contribution is -2.50. The molecule has 4 nitrogen and oxygen atoms in total. The Morgan fingerprint density at radius 1 is 1.33 bits per heavy atom.